The van der Waals surface area contributed by atoms with Gasteiger partial charge in [-0.05, 0) is 56.4 Å². The molecule has 0 heterocycles. The highest BCUT2D eigenvalue weighted by Crippen LogP contribution is 2.21. The number of ether oxygens (including phenoxy) is 1. The van der Waals surface area contributed by atoms with Crippen LogP contribution in [0.2, 0.25) is 0 Å². The minimum absolute atomic E-state index is 0.0598. The molecule has 0 aromatic heterocycles. The third-order valence-electron chi connectivity index (χ3n) is 4.88. The van der Waals surface area contributed by atoms with Gasteiger partial charge in [0.1, 0.15) is 5.75 Å². The van der Waals surface area contributed by atoms with Gasteiger partial charge in [0.15, 0.2) is 0 Å². The molecule has 3 heteroatoms. The summed E-state index contributed by atoms with van der Waals surface area (Å²) in [6.07, 6.45) is 13.7. The topological polar surface area (TPSA) is 46.5 Å². The highest BCUT2D eigenvalue weighted by atomic mass is 16.5. The maximum Gasteiger partial charge on any atom is 0.338 e. The van der Waals surface area contributed by atoms with Gasteiger partial charge in [-0.25, -0.2) is 4.79 Å². The van der Waals surface area contributed by atoms with Crippen LogP contribution in [0.25, 0.3) is 0 Å². The van der Waals surface area contributed by atoms with E-state index in [9.17, 15) is 9.90 Å². The fourth-order valence-electron chi connectivity index (χ4n) is 3.25. The number of hydrogen-bond acceptors (Lipinski definition) is 3. The van der Waals surface area contributed by atoms with Gasteiger partial charge in [-0.15, -0.1) is 0 Å². The lowest BCUT2D eigenvalue weighted by Crippen LogP contribution is -2.16. The Bertz CT molecular complexity index is 510. The van der Waals surface area contributed by atoms with E-state index < -0.39 is 0 Å². The van der Waals surface area contributed by atoms with Crippen LogP contribution in [0.5, 0.6) is 5.75 Å². The molecule has 1 unspecified atom stereocenters. The van der Waals surface area contributed by atoms with Crippen LogP contribution in [0.15, 0.2) is 18.2 Å². The van der Waals surface area contributed by atoms with Gasteiger partial charge < -0.3 is 9.84 Å². The van der Waals surface area contributed by atoms with Crippen molar-refractivity contribution in [1.82, 2.24) is 0 Å². The molecule has 0 aliphatic heterocycles. The van der Waals surface area contributed by atoms with Crippen LogP contribution >= 0.6 is 0 Å². The molecule has 0 bridgehead atoms. The fraction of sp³-hybridized carbons (Fsp3) is 0.696. The van der Waals surface area contributed by atoms with E-state index in [0.717, 1.165) is 37.7 Å². The van der Waals surface area contributed by atoms with Gasteiger partial charge in [0.25, 0.3) is 0 Å². The number of rotatable bonds is 14. The predicted molar refractivity (Wildman–Crippen MR) is 109 cm³/mol. The summed E-state index contributed by atoms with van der Waals surface area (Å²) >= 11 is 0. The maximum absolute atomic E-state index is 12.5. The zero-order chi connectivity index (χ0) is 19.2. The number of benzene rings is 1. The average molecular weight is 363 g/mol. The van der Waals surface area contributed by atoms with Crippen LogP contribution in [0.3, 0.4) is 0 Å². The fourth-order valence-corrected chi connectivity index (χ4v) is 3.25. The zero-order valence-electron chi connectivity index (χ0n) is 17.1. The highest BCUT2D eigenvalue weighted by Gasteiger charge is 2.16. The van der Waals surface area contributed by atoms with Crippen molar-refractivity contribution in [2.75, 3.05) is 0 Å². The van der Waals surface area contributed by atoms with E-state index in [1.165, 1.54) is 44.9 Å². The molecule has 1 atom stereocenters. The molecule has 0 spiro atoms. The molecule has 0 saturated heterocycles. The third kappa shape index (κ3) is 9.26. The lowest BCUT2D eigenvalue weighted by molar-refractivity contribution is 0.0318. The van der Waals surface area contributed by atoms with Crippen LogP contribution in [0, 0.1) is 0 Å². The normalized spacial score (nSPS) is 12.1. The van der Waals surface area contributed by atoms with Crippen molar-refractivity contribution in [2.24, 2.45) is 0 Å². The minimum Gasteiger partial charge on any atom is -0.508 e. The Labute approximate surface area is 160 Å². The summed E-state index contributed by atoms with van der Waals surface area (Å²) in [5.74, 6) is -0.0406. The summed E-state index contributed by atoms with van der Waals surface area (Å²) in [6.45, 7) is 6.39. The zero-order valence-corrected chi connectivity index (χ0v) is 17.1. The first kappa shape index (κ1) is 22.5. The molecule has 0 fully saturated rings. The second-order valence-corrected chi connectivity index (χ2v) is 7.42. The number of carbonyl (C=O) groups excluding carboxylic acids is 1. The van der Waals surface area contributed by atoms with Crippen molar-refractivity contribution in [3.8, 4) is 5.75 Å². The lowest BCUT2D eigenvalue weighted by Gasteiger charge is -2.15. The molecular weight excluding hydrogens is 324 g/mol. The van der Waals surface area contributed by atoms with Crippen molar-refractivity contribution in [2.45, 2.75) is 104 Å². The molecule has 0 radical (unpaired) electrons. The van der Waals surface area contributed by atoms with Crippen LogP contribution in [0.1, 0.15) is 107 Å². The van der Waals surface area contributed by atoms with Crippen molar-refractivity contribution in [3.05, 3.63) is 29.3 Å². The van der Waals surface area contributed by atoms with Crippen molar-refractivity contribution in [3.63, 3.8) is 0 Å². The second-order valence-electron chi connectivity index (χ2n) is 7.42. The van der Waals surface area contributed by atoms with Gasteiger partial charge in [-0.1, -0.05) is 65.2 Å². The summed E-state index contributed by atoms with van der Waals surface area (Å²) < 4.78 is 5.65. The molecule has 0 aliphatic carbocycles. The number of phenols is 1. The summed E-state index contributed by atoms with van der Waals surface area (Å²) in [5, 5.41) is 9.76. The first-order valence-corrected chi connectivity index (χ1v) is 10.6. The molecular formula is C23H38O3. The summed E-state index contributed by atoms with van der Waals surface area (Å²) in [4.78, 5) is 12.5. The van der Waals surface area contributed by atoms with E-state index >= 15 is 0 Å². The maximum atomic E-state index is 12.5. The van der Waals surface area contributed by atoms with Crippen molar-refractivity contribution >= 4 is 5.97 Å². The second kappa shape index (κ2) is 13.7. The van der Waals surface area contributed by atoms with E-state index in [1.807, 2.05) is 6.92 Å². The Morgan fingerprint density at radius 2 is 1.58 bits per heavy atom. The quantitative estimate of drug-likeness (QED) is 0.292. The monoisotopic (exact) mass is 362 g/mol. The van der Waals surface area contributed by atoms with Crippen molar-refractivity contribution < 1.29 is 14.6 Å². The molecule has 0 aliphatic rings. The largest absolute Gasteiger partial charge is 0.508 e. The molecule has 148 valence electrons. The Morgan fingerprint density at radius 3 is 2.27 bits per heavy atom. The van der Waals surface area contributed by atoms with Gasteiger partial charge in [0.05, 0.1) is 11.7 Å². The predicted octanol–water partition coefficient (Wildman–Crippen LogP) is 6.81. The summed E-state index contributed by atoms with van der Waals surface area (Å²) in [5.41, 5.74) is 1.51. The number of hydrogen-bond donors (Lipinski definition) is 1. The lowest BCUT2D eigenvalue weighted by atomic mass is 10.0. The Morgan fingerprint density at radius 1 is 0.962 bits per heavy atom. The highest BCUT2D eigenvalue weighted by molar-refractivity contribution is 5.91. The number of unbranched alkanes of at least 4 members (excludes halogenated alkanes) is 8. The van der Waals surface area contributed by atoms with Gasteiger partial charge >= 0.3 is 5.97 Å². The molecule has 0 saturated carbocycles. The summed E-state index contributed by atoms with van der Waals surface area (Å²) in [6, 6.07) is 4.98. The average Bonchev–Trinajstić information content (AvgIpc) is 2.61. The number of phenolic OH excluding ortho intramolecular Hbond substituents is 1. The number of aryl methyl sites for hydroxylation is 1. The molecule has 1 aromatic carbocycles. The van der Waals surface area contributed by atoms with E-state index in [0.29, 0.717) is 5.56 Å². The SMILES string of the molecule is CCCCCCCCC(C)OC(=O)c1ccc(O)cc1CCCCCC. The molecule has 0 amide bonds. The van der Waals surface area contributed by atoms with Crippen LogP contribution < -0.4 is 0 Å². The molecule has 1 aromatic rings. The first-order chi connectivity index (χ1) is 12.6. The van der Waals surface area contributed by atoms with Crippen LogP contribution in [-0.2, 0) is 11.2 Å². The Hall–Kier alpha value is -1.51. The number of carbonyl (C=O) groups is 1. The van der Waals surface area contributed by atoms with Gasteiger partial charge in [0.2, 0.25) is 0 Å². The van der Waals surface area contributed by atoms with Crippen molar-refractivity contribution in [1.29, 1.82) is 0 Å². The van der Waals surface area contributed by atoms with Gasteiger partial charge in [-0.3, -0.25) is 0 Å². The van der Waals surface area contributed by atoms with E-state index in [2.05, 4.69) is 13.8 Å². The Balaban J connectivity index is 2.47. The summed E-state index contributed by atoms with van der Waals surface area (Å²) in [7, 11) is 0. The molecule has 1 N–H and O–H groups in total. The number of esters is 1. The molecule has 1 rings (SSSR count). The third-order valence-corrected chi connectivity index (χ3v) is 4.88. The van der Waals surface area contributed by atoms with E-state index in [1.54, 1.807) is 18.2 Å². The Kier molecular flexibility index (Phi) is 11.8. The minimum atomic E-state index is -0.256. The number of aromatic hydroxyl groups is 1. The van der Waals surface area contributed by atoms with E-state index in [-0.39, 0.29) is 17.8 Å². The molecule has 26 heavy (non-hydrogen) atoms. The van der Waals surface area contributed by atoms with Crippen LogP contribution in [0.4, 0.5) is 0 Å². The van der Waals surface area contributed by atoms with E-state index in [4.69, 9.17) is 4.74 Å². The molecule has 3 nitrogen and oxygen atoms in total. The standard InChI is InChI=1S/C23H38O3/c1-4-6-8-10-11-12-14-19(3)26-23(25)22-17-16-21(24)18-20(22)15-13-9-7-5-2/h16-19,24H,4-15H2,1-3H3. The van der Waals surface area contributed by atoms with Crippen LogP contribution in [-0.4, -0.2) is 17.2 Å². The first-order valence-electron chi connectivity index (χ1n) is 10.6. The smallest absolute Gasteiger partial charge is 0.338 e. The van der Waals surface area contributed by atoms with Gasteiger partial charge in [0, 0.05) is 0 Å². The van der Waals surface area contributed by atoms with Gasteiger partial charge in [-0.2, -0.15) is 0 Å².